The van der Waals surface area contributed by atoms with Gasteiger partial charge in [-0.05, 0) is 54.4 Å². The van der Waals surface area contributed by atoms with Gasteiger partial charge in [0.05, 0.1) is 0 Å². The van der Waals surface area contributed by atoms with Gasteiger partial charge in [0.1, 0.15) is 11.6 Å². The van der Waals surface area contributed by atoms with Crippen LogP contribution in [0.15, 0.2) is 22.7 Å². The number of aromatic nitrogens is 2. The monoisotopic (exact) mass is 337 g/mol. The van der Waals surface area contributed by atoms with E-state index in [0.29, 0.717) is 10.3 Å². The van der Waals surface area contributed by atoms with Crippen molar-refractivity contribution in [2.45, 2.75) is 27.2 Å². The summed E-state index contributed by atoms with van der Waals surface area (Å²) in [7, 11) is 0. The van der Waals surface area contributed by atoms with E-state index in [2.05, 4.69) is 38.1 Å². The van der Waals surface area contributed by atoms with Gasteiger partial charge in [0.15, 0.2) is 5.82 Å². The molecule has 0 aliphatic carbocycles. The molecule has 1 heterocycles. The molecule has 0 radical (unpaired) electrons. The summed E-state index contributed by atoms with van der Waals surface area (Å²) in [6, 6.07) is 4.54. The first-order chi connectivity index (χ1) is 9.56. The summed E-state index contributed by atoms with van der Waals surface area (Å²) in [4.78, 5) is 9.15. The molecule has 20 heavy (non-hydrogen) atoms. The third kappa shape index (κ3) is 2.98. The highest BCUT2D eigenvalue weighted by atomic mass is 79.9. The van der Waals surface area contributed by atoms with Gasteiger partial charge < -0.3 is 5.32 Å². The number of nitrogens with one attached hydrogen (secondary N) is 1. The molecule has 1 N–H and O–H groups in total. The molecular weight excluding hydrogens is 321 g/mol. The minimum Gasteiger partial charge on any atom is -0.370 e. The Hall–Kier alpha value is -1.49. The lowest BCUT2D eigenvalue weighted by atomic mass is 10.1. The minimum atomic E-state index is -0.282. The maximum absolute atomic E-state index is 13.2. The summed E-state index contributed by atoms with van der Waals surface area (Å²) in [6.07, 6.45) is 0.832. The van der Waals surface area contributed by atoms with E-state index in [-0.39, 0.29) is 5.82 Å². The molecule has 0 fully saturated rings. The highest BCUT2D eigenvalue weighted by molar-refractivity contribution is 9.10. The molecule has 2 aromatic rings. The van der Waals surface area contributed by atoms with Crippen LogP contribution in [0.4, 0.5) is 10.2 Å². The lowest BCUT2D eigenvalue weighted by Gasteiger charge is -2.13. The van der Waals surface area contributed by atoms with Crippen molar-refractivity contribution in [1.29, 1.82) is 0 Å². The smallest absolute Gasteiger partial charge is 0.162 e. The Balaban J connectivity index is 2.58. The Labute approximate surface area is 126 Å². The SMILES string of the molecule is CCNc1nc(-c2ccc(F)cc2Br)nc(CC)c1C. The van der Waals surface area contributed by atoms with Gasteiger partial charge in [0.25, 0.3) is 0 Å². The Kier molecular flexibility index (Phi) is 4.70. The van der Waals surface area contributed by atoms with E-state index in [0.717, 1.165) is 35.6 Å². The maximum atomic E-state index is 13.2. The zero-order chi connectivity index (χ0) is 14.7. The molecule has 5 heteroatoms. The van der Waals surface area contributed by atoms with Gasteiger partial charge in [-0.25, -0.2) is 14.4 Å². The van der Waals surface area contributed by atoms with Crippen molar-refractivity contribution in [3.05, 3.63) is 39.7 Å². The standard InChI is InChI=1S/C15H17BrFN3/c1-4-13-9(3)14(18-5-2)20-15(19-13)11-7-6-10(17)8-12(11)16/h6-8H,4-5H2,1-3H3,(H,18,19,20). The van der Waals surface area contributed by atoms with Crippen molar-refractivity contribution in [3.63, 3.8) is 0 Å². The molecule has 0 spiro atoms. The lowest BCUT2D eigenvalue weighted by molar-refractivity contribution is 0.627. The summed E-state index contributed by atoms with van der Waals surface area (Å²) >= 11 is 3.37. The van der Waals surface area contributed by atoms with Gasteiger partial charge >= 0.3 is 0 Å². The minimum absolute atomic E-state index is 0.282. The van der Waals surface area contributed by atoms with Gasteiger partial charge in [-0.2, -0.15) is 0 Å². The second kappa shape index (κ2) is 6.31. The highest BCUT2D eigenvalue weighted by Gasteiger charge is 2.13. The van der Waals surface area contributed by atoms with Crippen molar-refractivity contribution in [1.82, 2.24) is 9.97 Å². The van der Waals surface area contributed by atoms with Crippen molar-refractivity contribution in [2.75, 3.05) is 11.9 Å². The van der Waals surface area contributed by atoms with Crippen LogP contribution in [-0.2, 0) is 6.42 Å². The predicted octanol–water partition coefficient (Wildman–Crippen LogP) is 4.35. The second-order valence-electron chi connectivity index (χ2n) is 4.48. The Morgan fingerprint density at radius 1 is 1.25 bits per heavy atom. The molecule has 3 nitrogen and oxygen atoms in total. The van der Waals surface area contributed by atoms with Crippen LogP contribution in [0.3, 0.4) is 0 Å². The molecule has 2 rings (SSSR count). The topological polar surface area (TPSA) is 37.8 Å². The van der Waals surface area contributed by atoms with Crippen LogP contribution in [0.2, 0.25) is 0 Å². The fourth-order valence-corrected chi connectivity index (χ4v) is 2.57. The number of nitrogens with zero attached hydrogens (tertiary/aromatic N) is 2. The van der Waals surface area contributed by atoms with Crippen LogP contribution < -0.4 is 5.32 Å². The quantitative estimate of drug-likeness (QED) is 0.901. The number of rotatable bonds is 4. The Morgan fingerprint density at radius 3 is 2.60 bits per heavy atom. The van der Waals surface area contributed by atoms with Crippen molar-refractivity contribution < 1.29 is 4.39 Å². The maximum Gasteiger partial charge on any atom is 0.162 e. The molecule has 0 aliphatic heterocycles. The first-order valence-corrected chi connectivity index (χ1v) is 7.42. The van der Waals surface area contributed by atoms with Crippen LogP contribution in [0, 0.1) is 12.7 Å². The molecule has 0 amide bonds. The van der Waals surface area contributed by atoms with E-state index < -0.39 is 0 Å². The van der Waals surface area contributed by atoms with E-state index in [9.17, 15) is 4.39 Å². The van der Waals surface area contributed by atoms with Crippen molar-refractivity contribution in [3.8, 4) is 11.4 Å². The Bertz CT molecular complexity index is 629. The van der Waals surface area contributed by atoms with Gasteiger partial charge in [0.2, 0.25) is 0 Å². The van der Waals surface area contributed by atoms with E-state index in [1.165, 1.54) is 12.1 Å². The average molecular weight is 338 g/mol. The molecule has 0 bridgehead atoms. The van der Waals surface area contributed by atoms with E-state index >= 15 is 0 Å². The zero-order valence-corrected chi connectivity index (χ0v) is 13.4. The van der Waals surface area contributed by atoms with Crippen molar-refractivity contribution >= 4 is 21.7 Å². The molecule has 1 aromatic carbocycles. The van der Waals surface area contributed by atoms with Gasteiger partial charge in [-0.3, -0.25) is 0 Å². The van der Waals surface area contributed by atoms with Gasteiger partial charge in [0, 0.05) is 27.8 Å². The second-order valence-corrected chi connectivity index (χ2v) is 5.33. The fourth-order valence-electron chi connectivity index (χ4n) is 2.04. The lowest BCUT2D eigenvalue weighted by Crippen LogP contribution is -2.07. The molecule has 106 valence electrons. The molecule has 0 aliphatic rings. The molecule has 0 unspecified atom stereocenters. The van der Waals surface area contributed by atoms with E-state index in [1.54, 1.807) is 6.07 Å². The normalized spacial score (nSPS) is 10.7. The van der Waals surface area contributed by atoms with Crippen LogP contribution >= 0.6 is 15.9 Å². The molecular formula is C15H17BrFN3. The average Bonchev–Trinajstić information content (AvgIpc) is 2.41. The molecule has 1 aromatic heterocycles. The number of anilines is 1. The summed E-state index contributed by atoms with van der Waals surface area (Å²) in [5, 5.41) is 3.25. The largest absolute Gasteiger partial charge is 0.370 e. The highest BCUT2D eigenvalue weighted by Crippen LogP contribution is 2.29. The molecule has 0 saturated carbocycles. The van der Waals surface area contributed by atoms with Crippen LogP contribution in [0.5, 0.6) is 0 Å². The number of aryl methyl sites for hydroxylation is 1. The first kappa shape index (κ1) is 14.9. The van der Waals surface area contributed by atoms with E-state index in [1.807, 2.05) is 13.8 Å². The van der Waals surface area contributed by atoms with Crippen molar-refractivity contribution in [2.24, 2.45) is 0 Å². The van der Waals surface area contributed by atoms with Crippen LogP contribution in [0.25, 0.3) is 11.4 Å². The third-order valence-electron chi connectivity index (χ3n) is 3.10. The van der Waals surface area contributed by atoms with Crippen LogP contribution in [-0.4, -0.2) is 16.5 Å². The summed E-state index contributed by atoms with van der Waals surface area (Å²) in [5.74, 6) is 1.16. The molecule has 0 saturated heterocycles. The summed E-state index contributed by atoms with van der Waals surface area (Å²) in [6.45, 7) is 6.90. The Morgan fingerprint density at radius 2 is 2.00 bits per heavy atom. The summed E-state index contributed by atoms with van der Waals surface area (Å²) < 4.78 is 13.8. The number of benzene rings is 1. The number of hydrogen-bond acceptors (Lipinski definition) is 3. The summed E-state index contributed by atoms with van der Waals surface area (Å²) in [5.41, 5.74) is 2.86. The third-order valence-corrected chi connectivity index (χ3v) is 3.75. The zero-order valence-electron chi connectivity index (χ0n) is 11.8. The fraction of sp³-hybridized carbons (Fsp3) is 0.333. The number of hydrogen-bond donors (Lipinski definition) is 1. The number of halogens is 2. The van der Waals surface area contributed by atoms with Gasteiger partial charge in [-0.15, -0.1) is 0 Å². The predicted molar refractivity (Wildman–Crippen MR) is 83.4 cm³/mol. The van der Waals surface area contributed by atoms with E-state index in [4.69, 9.17) is 0 Å². The molecule has 0 atom stereocenters. The van der Waals surface area contributed by atoms with Gasteiger partial charge in [-0.1, -0.05) is 6.92 Å². The first-order valence-electron chi connectivity index (χ1n) is 6.63. The van der Waals surface area contributed by atoms with Crippen LogP contribution in [0.1, 0.15) is 25.1 Å².